The third-order valence-electron chi connectivity index (χ3n) is 1.83. The standard InChI is InChI=1S/C9H11F2N3O/c1-14(5-7(10)11)9(15)6-3-2-4-13-8(6)12/h2-4,7H,5H2,1H3,(H2,12,13). The van der Waals surface area contributed by atoms with Crippen LogP contribution < -0.4 is 5.73 Å². The molecule has 0 aliphatic rings. The van der Waals surface area contributed by atoms with Crippen molar-refractivity contribution in [1.29, 1.82) is 0 Å². The number of amides is 1. The Hall–Kier alpha value is -1.72. The van der Waals surface area contributed by atoms with Crippen LogP contribution in [0.1, 0.15) is 10.4 Å². The molecule has 82 valence electrons. The van der Waals surface area contributed by atoms with Crippen LogP contribution in [0.15, 0.2) is 18.3 Å². The second-order valence-electron chi connectivity index (χ2n) is 3.01. The van der Waals surface area contributed by atoms with Crippen molar-refractivity contribution in [3.8, 4) is 0 Å². The molecule has 0 saturated carbocycles. The summed E-state index contributed by atoms with van der Waals surface area (Å²) in [4.78, 5) is 16.2. The summed E-state index contributed by atoms with van der Waals surface area (Å²) in [6, 6.07) is 2.98. The van der Waals surface area contributed by atoms with Gasteiger partial charge in [0.05, 0.1) is 12.1 Å². The van der Waals surface area contributed by atoms with E-state index in [9.17, 15) is 13.6 Å². The maximum absolute atomic E-state index is 12.0. The molecule has 0 unspecified atom stereocenters. The molecule has 1 amide bonds. The lowest BCUT2D eigenvalue weighted by Gasteiger charge is -2.16. The van der Waals surface area contributed by atoms with E-state index in [0.717, 1.165) is 4.90 Å². The van der Waals surface area contributed by atoms with E-state index in [4.69, 9.17) is 5.73 Å². The molecule has 0 radical (unpaired) electrons. The summed E-state index contributed by atoms with van der Waals surface area (Å²) >= 11 is 0. The molecule has 15 heavy (non-hydrogen) atoms. The van der Waals surface area contributed by atoms with Gasteiger partial charge in [0.25, 0.3) is 12.3 Å². The third-order valence-corrected chi connectivity index (χ3v) is 1.83. The number of hydrogen-bond donors (Lipinski definition) is 1. The number of carbonyl (C=O) groups excluding carboxylic acids is 1. The van der Waals surface area contributed by atoms with E-state index in [0.29, 0.717) is 0 Å². The van der Waals surface area contributed by atoms with E-state index in [2.05, 4.69) is 4.98 Å². The van der Waals surface area contributed by atoms with Crippen LogP contribution >= 0.6 is 0 Å². The number of nitrogens with zero attached hydrogens (tertiary/aromatic N) is 2. The molecule has 0 bridgehead atoms. The van der Waals surface area contributed by atoms with Crippen molar-refractivity contribution in [2.24, 2.45) is 0 Å². The number of anilines is 1. The molecular weight excluding hydrogens is 204 g/mol. The Morgan fingerprint density at radius 3 is 2.87 bits per heavy atom. The lowest BCUT2D eigenvalue weighted by molar-refractivity contribution is 0.0621. The highest BCUT2D eigenvalue weighted by Gasteiger charge is 2.17. The Labute approximate surface area is 85.7 Å². The molecule has 0 atom stereocenters. The van der Waals surface area contributed by atoms with Gasteiger partial charge in [0, 0.05) is 13.2 Å². The molecule has 0 fully saturated rings. The van der Waals surface area contributed by atoms with Crippen molar-refractivity contribution in [3.63, 3.8) is 0 Å². The highest BCUT2D eigenvalue weighted by molar-refractivity contribution is 5.98. The Kier molecular flexibility index (Phi) is 3.54. The molecule has 0 aliphatic carbocycles. The maximum Gasteiger partial charge on any atom is 0.257 e. The van der Waals surface area contributed by atoms with Crippen LogP contribution in [-0.4, -0.2) is 35.8 Å². The van der Waals surface area contributed by atoms with Crippen molar-refractivity contribution in [3.05, 3.63) is 23.9 Å². The van der Waals surface area contributed by atoms with Gasteiger partial charge >= 0.3 is 0 Å². The first-order chi connectivity index (χ1) is 7.02. The second kappa shape index (κ2) is 4.68. The monoisotopic (exact) mass is 215 g/mol. The fraction of sp³-hybridized carbons (Fsp3) is 0.333. The molecule has 0 spiro atoms. The van der Waals surface area contributed by atoms with Crippen molar-refractivity contribution in [1.82, 2.24) is 9.88 Å². The summed E-state index contributed by atoms with van der Waals surface area (Å²) in [5.41, 5.74) is 5.58. The minimum Gasteiger partial charge on any atom is -0.383 e. The van der Waals surface area contributed by atoms with E-state index in [1.54, 1.807) is 0 Å². The summed E-state index contributed by atoms with van der Waals surface area (Å²) in [6.07, 6.45) is -1.13. The molecule has 1 aromatic rings. The summed E-state index contributed by atoms with van der Waals surface area (Å²) in [6.45, 7) is -0.618. The van der Waals surface area contributed by atoms with Crippen LogP contribution in [0.25, 0.3) is 0 Å². The van der Waals surface area contributed by atoms with E-state index in [1.165, 1.54) is 25.4 Å². The number of alkyl halides is 2. The maximum atomic E-state index is 12.0. The van der Waals surface area contributed by atoms with Gasteiger partial charge in [-0.1, -0.05) is 0 Å². The van der Waals surface area contributed by atoms with Gasteiger partial charge in [0.15, 0.2) is 0 Å². The highest BCUT2D eigenvalue weighted by Crippen LogP contribution is 2.10. The van der Waals surface area contributed by atoms with Gasteiger partial charge in [-0.2, -0.15) is 0 Å². The number of rotatable bonds is 3. The lowest BCUT2D eigenvalue weighted by atomic mass is 10.2. The molecule has 6 heteroatoms. The van der Waals surface area contributed by atoms with E-state index < -0.39 is 18.9 Å². The van der Waals surface area contributed by atoms with Gasteiger partial charge in [0.1, 0.15) is 5.82 Å². The van der Waals surface area contributed by atoms with Crippen molar-refractivity contribution < 1.29 is 13.6 Å². The van der Waals surface area contributed by atoms with Crippen molar-refractivity contribution in [2.75, 3.05) is 19.3 Å². The van der Waals surface area contributed by atoms with E-state index in [1.807, 2.05) is 0 Å². The molecule has 1 rings (SSSR count). The Morgan fingerprint density at radius 2 is 2.33 bits per heavy atom. The highest BCUT2D eigenvalue weighted by atomic mass is 19.3. The van der Waals surface area contributed by atoms with Gasteiger partial charge in [-0.05, 0) is 12.1 Å². The van der Waals surface area contributed by atoms with Gasteiger partial charge in [-0.25, -0.2) is 13.8 Å². The van der Waals surface area contributed by atoms with Gasteiger partial charge in [-0.15, -0.1) is 0 Å². The first kappa shape index (κ1) is 11.4. The van der Waals surface area contributed by atoms with Crippen molar-refractivity contribution in [2.45, 2.75) is 6.43 Å². The minimum atomic E-state index is -2.56. The van der Waals surface area contributed by atoms with E-state index >= 15 is 0 Å². The number of carbonyl (C=O) groups is 1. The predicted octanol–water partition coefficient (Wildman–Crippen LogP) is 1.00. The predicted molar refractivity (Wildman–Crippen MR) is 51.6 cm³/mol. The van der Waals surface area contributed by atoms with Crippen LogP contribution in [-0.2, 0) is 0 Å². The quantitative estimate of drug-likeness (QED) is 0.818. The van der Waals surface area contributed by atoms with Gasteiger partial charge in [0.2, 0.25) is 0 Å². The Balaban J connectivity index is 2.81. The van der Waals surface area contributed by atoms with Gasteiger partial charge in [-0.3, -0.25) is 4.79 Å². The largest absolute Gasteiger partial charge is 0.383 e. The summed E-state index contributed by atoms with van der Waals surface area (Å²) in [7, 11) is 1.29. The third kappa shape index (κ3) is 2.87. The zero-order valence-electron chi connectivity index (χ0n) is 8.15. The number of halogens is 2. The SMILES string of the molecule is CN(CC(F)F)C(=O)c1cccnc1N. The van der Waals surface area contributed by atoms with Crippen LogP contribution in [0.2, 0.25) is 0 Å². The smallest absolute Gasteiger partial charge is 0.257 e. The minimum absolute atomic E-state index is 0.0450. The second-order valence-corrected chi connectivity index (χ2v) is 3.01. The molecule has 1 heterocycles. The number of nitrogens with two attached hydrogens (primary N) is 1. The van der Waals surface area contributed by atoms with Crippen LogP contribution in [0.4, 0.5) is 14.6 Å². The van der Waals surface area contributed by atoms with E-state index in [-0.39, 0.29) is 11.4 Å². The molecular formula is C9H11F2N3O. The molecule has 0 aromatic carbocycles. The molecule has 0 saturated heterocycles. The van der Waals surface area contributed by atoms with Crippen LogP contribution in [0.3, 0.4) is 0 Å². The first-order valence-electron chi connectivity index (χ1n) is 4.26. The Bertz CT molecular complexity index is 357. The van der Waals surface area contributed by atoms with Crippen molar-refractivity contribution >= 4 is 11.7 Å². The molecule has 4 nitrogen and oxygen atoms in total. The average molecular weight is 215 g/mol. The average Bonchev–Trinajstić information content (AvgIpc) is 2.16. The topological polar surface area (TPSA) is 59.2 Å². The number of nitrogen functional groups attached to an aromatic ring is 1. The van der Waals surface area contributed by atoms with Crippen LogP contribution in [0.5, 0.6) is 0 Å². The van der Waals surface area contributed by atoms with Gasteiger partial charge < -0.3 is 10.6 Å². The zero-order chi connectivity index (χ0) is 11.4. The Morgan fingerprint density at radius 1 is 1.67 bits per heavy atom. The lowest BCUT2D eigenvalue weighted by Crippen LogP contribution is -2.31. The normalized spacial score (nSPS) is 10.4. The molecule has 2 N–H and O–H groups in total. The summed E-state index contributed by atoms with van der Waals surface area (Å²) in [5.74, 6) is -0.510. The molecule has 0 aliphatic heterocycles. The number of aromatic nitrogens is 1. The first-order valence-corrected chi connectivity index (χ1v) is 4.26. The number of hydrogen-bond acceptors (Lipinski definition) is 3. The zero-order valence-corrected chi connectivity index (χ0v) is 8.15. The summed E-state index contributed by atoms with van der Waals surface area (Å²) in [5, 5.41) is 0. The number of pyridine rings is 1. The van der Waals surface area contributed by atoms with Crippen LogP contribution in [0, 0.1) is 0 Å². The fourth-order valence-electron chi connectivity index (χ4n) is 1.09. The fourth-order valence-corrected chi connectivity index (χ4v) is 1.09. The molecule has 1 aromatic heterocycles. The summed E-state index contributed by atoms with van der Waals surface area (Å²) < 4.78 is 24.0.